The van der Waals surface area contributed by atoms with Crippen LogP contribution in [0.15, 0.2) is 58.5 Å². The zero-order valence-electron chi connectivity index (χ0n) is 19.3. The fourth-order valence-electron chi connectivity index (χ4n) is 6.53. The lowest BCUT2D eigenvalue weighted by molar-refractivity contribution is -0.138. The van der Waals surface area contributed by atoms with Crippen molar-refractivity contribution in [2.24, 2.45) is 17.8 Å². The fraction of sp³-hybridized carbons (Fsp3) is 0.385. The Morgan fingerprint density at radius 1 is 1.00 bits per heavy atom. The number of aliphatic hydroxyl groups is 1. The Hall–Kier alpha value is -2.46. The Morgan fingerprint density at radius 2 is 1.73 bits per heavy atom. The van der Waals surface area contributed by atoms with Gasteiger partial charge in [0.05, 0.1) is 28.9 Å². The highest BCUT2D eigenvalue weighted by Gasteiger charge is 2.76. The number of fused-ring (bicyclic) bond motifs is 4. The highest BCUT2D eigenvalue weighted by Crippen LogP contribution is 2.65. The predicted octanol–water partition coefficient (Wildman–Crippen LogP) is 3.69. The van der Waals surface area contributed by atoms with Crippen molar-refractivity contribution >= 4 is 68.4 Å². The number of anilines is 1. The first-order valence-electron chi connectivity index (χ1n) is 11.8. The number of alkyl halides is 3. The lowest BCUT2D eigenvalue weighted by Gasteiger charge is -2.49. The molecule has 1 aromatic carbocycles. The molecule has 3 fully saturated rings. The van der Waals surface area contributed by atoms with E-state index in [0.29, 0.717) is 11.3 Å². The maximum Gasteiger partial charge on any atom is 0.254 e. The number of furan rings is 1. The van der Waals surface area contributed by atoms with Crippen molar-refractivity contribution in [3.63, 3.8) is 0 Å². The Kier molecular flexibility index (Phi) is 5.73. The largest absolute Gasteiger partial charge is 0.463 e. The summed E-state index contributed by atoms with van der Waals surface area (Å²) in [5.74, 6) is -4.53. The molecule has 0 spiro atoms. The molecule has 4 amide bonds. The van der Waals surface area contributed by atoms with Gasteiger partial charge < -0.3 is 9.52 Å². The second-order valence-electron chi connectivity index (χ2n) is 9.80. The minimum absolute atomic E-state index is 0.0924. The predicted molar refractivity (Wildman–Crippen MR) is 137 cm³/mol. The number of allylic oxidation sites excluding steroid dienone is 2. The van der Waals surface area contributed by atoms with Gasteiger partial charge in [0.1, 0.15) is 18.1 Å². The van der Waals surface area contributed by atoms with Crippen LogP contribution in [0.2, 0.25) is 0 Å². The van der Waals surface area contributed by atoms with E-state index in [2.05, 4.69) is 15.9 Å². The van der Waals surface area contributed by atoms with E-state index in [-0.39, 0.29) is 48.2 Å². The van der Waals surface area contributed by atoms with Gasteiger partial charge in [0, 0.05) is 0 Å². The van der Waals surface area contributed by atoms with Gasteiger partial charge in [-0.2, -0.15) is 0 Å². The average molecular weight is 608 g/mol. The van der Waals surface area contributed by atoms with Crippen LogP contribution in [0.1, 0.15) is 30.3 Å². The first-order valence-corrected chi connectivity index (χ1v) is 13.7. The van der Waals surface area contributed by atoms with Gasteiger partial charge in [0.2, 0.25) is 11.8 Å². The highest BCUT2D eigenvalue weighted by molar-refractivity contribution is 9.09. The molecule has 3 heterocycles. The summed E-state index contributed by atoms with van der Waals surface area (Å²) in [4.78, 5) is 52.8. The van der Waals surface area contributed by atoms with Crippen molar-refractivity contribution in [2.75, 3.05) is 10.4 Å². The third-order valence-electron chi connectivity index (χ3n) is 8.15. The van der Waals surface area contributed by atoms with Crippen LogP contribution < -0.4 is 4.90 Å². The number of halogens is 3. The first-order chi connectivity index (χ1) is 17.7. The minimum Gasteiger partial charge on any atom is -0.463 e. The number of hydrogen-bond acceptors (Lipinski definition) is 6. The van der Waals surface area contributed by atoms with Crippen molar-refractivity contribution < 1.29 is 28.7 Å². The van der Waals surface area contributed by atoms with E-state index in [1.807, 2.05) is 6.08 Å². The Labute approximate surface area is 230 Å². The summed E-state index contributed by atoms with van der Waals surface area (Å²) in [6, 6.07) is 11.9. The molecule has 192 valence electrons. The van der Waals surface area contributed by atoms with Crippen molar-refractivity contribution in [1.82, 2.24) is 4.90 Å². The molecular formula is C26H21BrCl2N2O6. The zero-order valence-corrected chi connectivity index (χ0v) is 22.4. The van der Waals surface area contributed by atoms with Crippen LogP contribution in [0.4, 0.5) is 5.69 Å². The number of hydrogen-bond donors (Lipinski definition) is 1. The molecule has 4 aliphatic rings. The van der Waals surface area contributed by atoms with Crippen LogP contribution in [0.3, 0.4) is 0 Å². The minimum atomic E-state index is -1.93. The topological polar surface area (TPSA) is 108 Å². The zero-order chi connectivity index (χ0) is 26.3. The SMILES string of the molecule is O=C1[C@H]2[C@H](CC=C3[C@H]2C[C@@]2(Cl)C(=O)N(CBr)C(=O)[C@@]2(Cl)[C@H]3c2ccc(CO)o2)C(=O)N1c1ccccc1. The molecule has 2 aliphatic carbocycles. The monoisotopic (exact) mass is 606 g/mol. The van der Waals surface area contributed by atoms with E-state index in [1.54, 1.807) is 42.5 Å². The molecule has 37 heavy (non-hydrogen) atoms. The summed E-state index contributed by atoms with van der Waals surface area (Å²) in [5, 5.41) is 9.59. The number of likely N-dealkylation sites (tertiary alicyclic amines) is 1. The van der Waals surface area contributed by atoms with Gasteiger partial charge in [-0.1, -0.05) is 45.8 Å². The molecular weight excluding hydrogens is 587 g/mol. The first kappa shape index (κ1) is 24.9. The number of imide groups is 2. The van der Waals surface area contributed by atoms with E-state index in [1.165, 1.54) is 4.90 Å². The Bertz CT molecular complexity index is 1380. The van der Waals surface area contributed by atoms with Crippen LogP contribution >= 0.6 is 39.1 Å². The molecule has 0 unspecified atom stereocenters. The molecule has 0 bridgehead atoms. The van der Waals surface area contributed by atoms with E-state index in [0.717, 1.165) is 4.90 Å². The molecule has 2 aliphatic heterocycles. The van der Waals surface area contributed by atoms with E-state index >= 15 is 0 Å². The van der Waals surface area contributed by atoms with Crippen molar-refractivity contribution in [3.8, 4) is 0 Å². The number of para-hydroxylation sites is 1. The van der Waals surface area contributed by atoms with Crippen molar-refractivity contribution in [2.45, 2.75) is 35.1 Å². The summed E-state index contributed by atoms with van der Waals surface area (Å²) in [7, 11) is 0. The Morgan fingerprint density at radius 3 is 2.38 bits per heavy atom. The van der Waals surface area contributed by atoms with Crippen LogP contribution in [-0.4, -0.2) is 48.8 Å². The second-order valence-corrected chi connectivity index (χ2v) is 11.5. The van der Waals surface area contributed by atoms with Crippen LogP contribution in [0, 0.1) is 17.8 Å². The maximum absolute atomic E-state index is 13.8. The number of benzene rings is 1. The molecule has 1 N–H and O–H groups in total. The molecule has 6 rings (SSSR count). The van der Waals surface area contributed by atoms with Gasteiger partial charge in [-0.15, -0.1) is 23.2 Å². The van der Waals surface area contributed by atoms with Crippen LogP contribution in [0.25, 0.3) is 0 Å². The van der Waals surface area contributed by atoms with E-state index < -0.39 is 45.2 Å². The number of rotatable bonds is 4. The second kappa shape index (κ2) is 8.53. The number of aliphatic hydroxyl groups excluding tert-OH is 1. The van der Waals surface area contributed by atoms with Gasteiger partial charge in [-0.25, -0.2) is 0 Å². The average Bonchev–Trinajstić information content (AvgIpc) is 3.51. The van der Waals surface area contributed by atoms with Gasteiger partial charge in [0.25, 0.3) is 11.8 Å². The summed E-state index contributed by atoms with van der Waals surface area (Å²) < 4.78 is 5.85. The maximum atomic E-state index is 13.8. The van der Waals surface area contributed by atoms with Crippen molar-refractivity contribution in [3.05, 3.63) is 65.6 Å². The number of carbonyl (C=O) groups is 4. The van der Waals surface area contributed by atoms with Gasteiger partial charge in [0.15, 0.2) is 9.75 Å². The smallest absolute Gasteiger partial charge is 0.254 e. The normalized spacial score (nSPS) is 35.0. The summed E-state index contributed by atoms with van der Waals surface area (Å²) in [6.45, 7) is -0.374. The third-order valence-corrected chi connectivity index (χ3v) is 10.1. The molecule has 8 nitrogen and oxygen atoms in total. The quantitative estimate of drug-likeness (QED) is 0.246. The highest BCUT2D eigenvalue weighted by atomic mass is 79.9. The van der Waals surface area contributed by atoms with E-state index in [4.69, 9.17) is 27.6 Å². The molecule has 2 aromatic rings. The van der Waals surface area contributed by atoms with Gasteiger partial charge >= 0.3 is 0 Å². The molecule has 6 atom stereocenters. The fourth-order valence-corrected chi connectivity index (χ4v) is 7.94. The number of carbonyl (C=O) groups excluding carboxylic acids is 4. The van der Waals surface area contributed by atoms with Crippen molar-refractivity contribution in [1.29, 1.82) is 0 Å². The standard InChI is InChI=1S/C26H21BrCl2N2O6/c27-12-30-23(35)25(28)10-17-15(20(26(25,29)24(30)36)18-9-6-14(11-32)37-18)7-8-16-19(17)22(34)31(21(16)33)13-4-2-1-3-5-13/h1-7,9,16-17,19-20,32H,8,10-12H2/t16-,17+,19-,20+,25+,26-/m0/s1. The van der Waals surface area contributed by atoms with Gasteiger partial charge in [-0.3, -0.25) is 29.0 Å². The third kappa shape index (κ3) is 3.11. The summed E-state index contributed by atoms with van der Waals surface area (Å²) in [5.41, 5.74) is 1.01. The molecule has 1 saturated carbocycles. The lowest BCUT2D eigenvalue weighted by atomic mass is 9.57. The number of nitrogens with zero attached hydrogens (tertiary/aromatic N) is 2. The molecule has 0 radical (unpaired) electrons. The molecule has 1 aromatic heterocycles. The number of amides is 4. The molecule has 11 heteroatoms. The van der Waals surface area contributed by atoms with Crippen LogP contribution in [0.5, 0.6) is 0 Å². The summed E-state index contributed by atoms with van der Waals surface area (Å²) >= 11 is 17.4. The van der Waals surface area contributed by atoms with Crippen LogP contribution in [-0.2, 0) is 25.8 Å². The Balaban J connectivity index is 1.51. The van der Waals surface area contributed by atoms with E-state index in [9.17, 15) is 24.3 Å². The van der Waals surface area contributed by atoms with Gasteiger partial charge in [-0.05, 0) is 43.0 Å². The summed E-state index contributed by atoms with van der Waals surface area (Å²) in [6.07, 6.45) is 2.01. The lowest BCUT2D eigenvalue weighted by Crippen LogP contribution is -2.60. The molecule has 2 saturated heterocycles.